The first-order chi connectivity index (χ1) is 26.0. The second-order valence-electron chi connectivity index (χ2n) is 13.2. The van der Waals surface area contributed by atoms with Crippen LogP contribution in [0.15, 0.2) is 164 Å². The smallest absolute Gasteiger partial charge is 0.0787 e. The minimum absolute atomic E-state index is 0. The van der Waals surface area contributed by atoms with E-state index in [1.807, 2.05) is 97.6 Å². The van der Waals surface area contributed by atoms with Crippen molar-refractivity contribution in [3.63, 3.8) is 0 Å². The molecule has 0 unspecified atom stereocenters. The van der Waals surface area contributed by atoms with E-state index in [4.69, 9.17) is 9.97 Å². The molecule has 0 amide bonds. The molecule has 263 valence electrons. The van der Waals surface area contributed by atoms with E-state index in [1.54, 1.807) is 0 Å². The van der Waals surface area contributed by atoms with E-state index in [2.05, 4.69) is 110 Å². The largest absolute Gasteiger partial charge is 0.305 e. The van der Waals surface area contributed by atoms with Crippen molar-refractivity contribution >= 4 is 21.8 Å². The van der Waals surface area contributed by atoms with E-state index >= 15 is 0 Å². The molecular weight excluding hydrogens is 837 g/mol. The predicted molar refractivity (Wildman–Crippen MR) is 218 cm³/mol. The molecule has 0 atom stereocenters. The average Bonchev–Trinajstić information content (AvgIpc) is 3.22. The maximum atomic E-state index is 4.80. The van der Waals surface area contributed by atoms with Crippen molar-refractivity contribution in [3.8, 4) is 55.9 Å². The summed E-state index contributed by atoms with van der Waals surface area (Å²) in [5.74, 6) is 0. The number of benzene rings is 5. The van der Waals surface area contributed by atoms with Crippen molar-refractivity contribution in [2.24, 2.45) is 0 Å². The normalized spacial score (nSPS) is 10.7. The summed E-state index contributed by atoms with van der Waals surface area (Å²) in [5, 5.41) is 2.27. The van der Waals surface area contributed by atoms with Gasteiger partial charge in [-0.25, -0.2) is 0 Å². The van der Waals surface area contributed by atoms with E-state index in [9.17, 15) is 0 Å². The molecule has 5 heteroatoms. The predicted octanol–water partition coefficient (Wildman–Crippen LogP) is 12.1. The molecular formula is C49H36IrN4-2. The molecule has 0 saturated carbocycles. The van der Waals surface area contributed by atoms with Gasteiger partial charge in [0.15, 0.2) is 0 Å². The number of aryl methyl sites for hydroxylation is 3. The van der Waals surface area contributed by atoms with Crippen molar-refractivity contribution in [1.82, 2.24) is 19.9 Å². The van der Waals surface area contributed by atoms with Gasteiger partial charge in [0, 0.05) is 61.2 Å². The van der Waals surface area contributed by atoms with Gasteiger partial charge in [-0.3, -0.25) is 9.97 Å². The molecule has 0 aliphatic rings. The molecule has 0 spiro atoms. The Balaban J connectivity index is 0.000000200. The molecule has 9 rings (SSSR count). The minimum atomic E-state index is 0. The molecule has 4 nitrogen and oxygen atoms in total. The van der Waals surface area contributed by atoms with E-state index in [0.29, 0.717) is 0 Å². The molecule has 4 heterocycles. The van der Waals surface area contributed by atoms with Crippen LogP contribution < -0.4 is 0 Å². The zero-order valence-electron chi connectivity index (χ0n) is 30.2. The first kappa shape index (κ1) is 36.2. The number of fused-ring (bicyclic) bond motifs is 3. The SMILES string of the molecule is Cc1cc(-c2cc(-c3ccccn3)[c-]cc2C)cc(-c2cc3ncc(C)cc3c3cccnc23)c1.[Ir].[c-]1cccc(-c2ccccc2)c1-c1ccccn1. The summed E-state index contributed by atoms with van der Waals surface area (Å²) in [4.78, 5) is 18.5. The Bertz CT molecular complexity index is 2640. The topological polar surface area (TPSA) is 51.6 Å². The number of hydrogen-bond acceptors (Lipinski definition) is 4. The second-order valence-corrected chi connectivity index (χ2v) is 13.2. The summed E-state index contributed by atoms with van der Waals surface area (Å²) in [6.45, 7) is 6.36. The third kappa shape index (κ3) is 7.65. The van der Waals surface area contributed by atoms with Crippen LogP contribution in [0.1, 0.15) is 16.7 Å². The first-order valence-electron chi connectivity index (χ1n) is 17.7. The van der Waals surface area contributed by atoms with E-state index in [-0.39, 0.29) is 20.1 Å². The molecule has 0 aliphatic heterocycles. The summed E-state index contributed by atoms with van der Waals surface area (Å²) in [7, 11) is 0. The van der Waals surface area contributed by atoms with Gasteiger partial charge in [-0.05, 0) is 83.9 Å². The third-order valence-electron chi connectivity index (χ3n) is 9.35. The van der Waals surface area contributed by atoms with Crippen LogP contribution in [0.4, 0.5) is 0 Å². The minimum Gasteiger partial charge on any atom is -0.305 e. The average molecular weight is 873 g/mol. The van der Waals surface area contributed by atoms with Crippen LogP contribution in [-0.4, -0.2) is 19.9 Å². The van der Waals surface area contributed by atoms with Gasteiger partial charge >= 0.3 is 0 Å². The van der Waals surface area contributed by atoms with Crippen LogP contribution in [0.5, 0.6) is 0 Å². The number of hydrogen-bond donors (Lipinski definition) is 0. The maximum absolute atomic E-state index is 4.80. The molecule has 0 bridgehead atoms. The Labute approximate surface area is 330 Å². The molecule has 54 heavy (non-hydrogen) atoms. The zero-order chi connectivity index (χ0) is 36.1. The van der Waals surface area contributed by atoms with Crippen molar-refractivity contribution in [3.05, 3.63) is 193 Å². The third-order valence-corrected chi connectivity index (χ3v) is 9.35. The van der Waals surface area contributed by atoms with Gasteiger partial charge in [0.05, 0.1) is 11.0 Å². The van der Waals surface area contributed by atoms with E-state index < -0.39 is 0 Å². The summed E-state index contributed by atoms with van der Waals surface area (Å²) >= 11 is 0. The fraction of sp³-hybridized carbons (Fsp3) is 0.0612. The molecule has 0 aliphatic carbocycles. The molecule has 1 radical (unpaired) electrons. The van der Waals surface area contributed by atoms with E-state index in [0.717, 1.165) is 66.6 Å². The van der Waals surface area contributed by atoms with Gasteiger partial charge < -0.3 is 9.97 Å². The fourth-order valence-electron chi connectivity index (χ4n) is 6.83. The van der Waals surface area contributed by atoms with Crippen LogP contribution in [0, 0.1) is 32.9 Å². The fourth-order valence-corrected chi connectivity index (χ4v) is 6.83. The van der Waals surface area contributed by atoms with Crippen molar-refractivity contribution in [2.45, 2.75) is 20.8 Å². The van der Waals surface area contributed by atoms with Crippen LogP contribution in [0.2, 0.25) is 0 Å². The molecule has 0 saturated heterocycles. The van der Waals surface area contributed by atoms with Crippen molar-refractivity contribution < 1.29 is 20.1 Å². The molecule has 0 N–H and O–H groups in total. The van der Waals surface area contributed by atoms with Crippen LogP contribution in [-0.2, 0) is 20.1 Å². The molecule has 4 aromatic heterocycles. The van der Waals surface area contributed by atoms with Crippen LogP contribution >= 0.6 is 0 Å². The monoisotopic (exact) mass is 873 g/mol. The standard InChI is InChI=1S/C32H24N3.C17H12N.Ir/c1-20-13-24(27-17-23(10-9-22(27)3)30-8-4-5-11-33-30)16-25(14-20)28-18-31-29(15-21(2)19-35-31)26-7-6-12-34-32(26)28;1-2-8-14(9-3-1)15-10-4-5-11-16(15)17-12-6-7-13-18-17;/h4-9,11-19H,1-3H3;1-10,12-13H;/q2*-1;. The van der Waals surface area contributed by atoms with Crippen molar-refractivity contribution in [1.29, 1.82) is 0 Å². The second kappa shape index (κ2) is 16.3. The van der Waals surface area contributed by atoms with Gasteiger partial charge in [0.25, 0.3) is 0 Å². The Hall–Kier alpha value is -6.13. The van der Waals surface area contributed by atoms with Crippen LogP contribution in [0.3, 0.4) is 0 Å². The van der Waals surface area contributed by atoms with Gasteiger partial charge in [-0.2, -0.15) is 0 Å². The number of pyridine rings is 4. The summed E-state index contributed by atoms with van der Waals surface area (Å²) < 4.78 is 0. The van der Waals surface area contributed by atoms with Gasteiger partial charge in [0.2, 0.25) is 0 Å². The van der Waals surface area contributed by atoms with Gasteiger partial charge in [-0.15, -0.1) is 59.2 Å². The van der Waals surface area contributed by atoms with Crippen LogP contribution in [0.25, 0.3) is 77.7 Å². The van der Waals surface area contributed by atoms with Gasteiger partial charge in [-0.1, -0.05) is 96.4 Å². The van der Waals surface area contributed by atoms with Gasteiger partial charge in [0.1, 0.15) is 0 Å². The summed E-state index contributed by atoms with van der Waals surface area (Å²) in [5.41, 5.74) is 16.4. The number of rotatable bonds is 5. The number of aromatic nitrogens is 4. The summed E-state index contributed by atoms with van der Waals surface area (Å²) in [6.07, 6.45) is 7.43. The quantitative estimate of drug-likeness (QED) is 0.128. The maximum Gasteiger partial charge on any atom is 0.0787 e. The Morgan fingerprint density at radius 3 is 1.96 bits per heavy atom. The molecule has 0 fully saturated rings. The Morgan fingerprint density at radius 2 is 1.20 bits per heavy atom. The Morgan fingerprint density at radius 1 is 0.481 bits per heavy atom. The first-order valence-corrected chi connectivity index (χ1v) is 17.7. The molecule has 5 aromatic carbocycles. The Kier molecular flexibility index (Phi) is 10.9. The van der Waals surface area contributed by atoms with Crippen molar-refractivity contribution in [2.75, 3.05) is 0 Å². The van der Waals surface area contributed by atoms with E-state index in [1.165, 1.54) is 27.8 Å². The number of nitrogens with zero attached hydrogens (tertiary/aromatic N) is 4. The zero-order valence-corrected chi connectivity index (χ0v) is 32.6. The summed E-state index contributed by atoms with van der Waals surface area (Å²) in [6, 6.07) is 54.5. The molecule has 9 aromatic rings.